The number of esters is 1. The van der Waals surface area contributed by atoms with Gasteiger partial charge in [0.05, 0.1) is 19.8 Å². The Hall–Kier alpha value is -4.06. The van der Waals surface area contributed by atoms with Gasteiger partial charge in [0, 0.05) is 21.6 Å². The molecular weight excluding hydrogens is 464 g/mol. The van der Waals surface area contributed by atoms with Crippen molar-refractivity contribution in [3.8, 4) is 22.3 Å². The van der Waals surface area contributed by atoms with Crippen LogP contribution in [0.15, 0.2) is 77.6 Å². The van der Waals surface area contributed by atoms with Crippen LogP contribution < -0.4 is 10.6 Å². The lowest BCUT2D eigenvalue weighted by molar-refractivity contribution is -0.136. The van der Waals surface area contributed by atoms with Crippen LogP contribution in [0.3, 0.4) is 0 Å². The fourth-order valence-electron chi connectivity index (χ4n) is 5.15. The molecule has 5 aromatic rings. The van der Waals surface area contributed by atoms with E-state index >= 15 is 0 Å². The van der Waals surface area contributed by atoms with E-state index in [2.05, 4.69) is 0 Å². The van der Waals surface area contributed by atoms with Crippen LogP contribution in [0.1, 0.15) is 31.4 Å². The summed E-state index contributed by atoms with van der Waals surface area (Å²) in [4.78, 5) is 26.5. The summed E-state index contributed by atoms with van der Waals surface area (Å²) in [5, 5.41) is 22.5. The number of aliphatic hydroxyl groups is 2. The third-order valence-electron chi connectivity index (χ3n) is 6.97. The molecule has 0 unspecified atom stereocenters. The van der Waals surface area contributed by atoms with Crippen LogP contribution in [0, 0.1) is 0 Å². The number of carbonyl (C=O) groups is 1. The lowest BCUT2D eigenvalue weighted by Crippen LogP contribution is -2.26. The van der Waals surface area contributed by atoms with Gasteiger partial charge in [-0.15, -0.1) is 0 Å². The lowest BCUT2D eigenvalue weighted by atomic mass is 9.89. The lowest BCUT2D eigenvalue weighted by Gasteiger charge is -2.14. The van der Waals surface area contributed by atoms with E-state index in [-0.39, 0.29) is 25.2 Å². The molecule has 0 saturated carbocycles. The van der Waals surface area contributed by atoms with E-state index in [1.807, 2.05) is 79.7 Å². The predicted octanol–water partition coefficient (Wildman–Crippen LogP) is 4.95. The molecule has 0 radical (unpaired) electrons. The molecule has 0 spiro atoms. The van der Waals surface area contributed by atoms with Crippen LogP contribution in [0.25, 0.3) is 49.4 Å². The van der Waals surface area contributed by atoms with Gasteiger partial charge in [0.25, 0.3) is 0 Å². The first-order valence-electron chi connectivity index (χ1n) is 12.5. The van der Waals surface area contributed by atoms with Gasteiger partial charge in [-0.25, -0.2) is 4.79 Å². The van der Waals surface area contributed by atoms with E-state index in [1.54, 1.807) is 6.92 Å². The minimum atomic E-state index is -0.460. The zero-order chi connectivity index (χ0) is 26.1. The molecule has 0 saturated heterocycles. The molecule has 0 heterocycles. The van der Waals surface area contributed by atoms with E-state index in [9.17, 15) is 19.8 Å². The summed E-state index contributed by atoms with van der Waals surface area (Å²) in [5.41, 5.74) is 5.68. The molecule has 0 aliphatic rings. The Kier molecular flexibility index (Phi) is 6.74. The highest BCUT2D eigenvalue weighted by Crippen LogP contribution is 2.40. The molecule has 5 aromatic carbocycles. The van der Waals surface area contributed by atoms with Gasteiger partial charge >= 0.3 is 5.97 Å². The second-order valence-corrected chi connectivity index (χ2v) is 9.04. The summed E-state index contributed by atoms with van der Waals surface area (Å²) in [5.74, 6) is -0.460. The third kappa shape index (κ3) is 4.16. The fourth-order valence-corrected chi connectivity index (χ4v) is 5.15. The largest absolute Gasteiger partial charge is 0.463 e. The number of hydrogen-bond acceptors (Lipinski definition) is 5. The van der Waals surface area contributed by atoms with Crippen molar-refractivity contribution in [2.24, 2.45) is 0 Å². The van der Waals surface area contributed by atoms with Crippen molar-refractivity contribution in [3.63, 3.8) is 0 Å². The van der Waals surface area contributed by atoms with Crippen LogP contribution >= 0.6 is 0 Å². The summed E-state index contributed by atoms with van der Waals surface area (Å²) in [6.07, 6.45) is 0.384. The Morgan fingerprint density at radius 1 is 0.703 bits per heavy atom. The highest BCUT2D eigenvalue weighted by molar-refractivity contribution is 6.23. The quantitative estimate of drug-likeness (QED) is 0.314. The monoisotopic (exact) mass is 492 g/mol. The Bertz CT molecular complexity index is 1650. The molecular formula is C32H28O5. The highest BCUT2D eigenvalue weighted by Gasteiger charge is 2.22. The van der Waals surface area contributed by atoms with E-state index in [1.165, 1.54) is 0 Å². The first-order valence-corrected chi connectivity index (χ1v) is 12.5. The van der Waals surface area contributed by atoms with Crippen LogP contribution in [-0.2, 0) is 22.7 Å². The smallest absolute Gasteiger partial charge is 0.334 e. The number of ether oxygens (including phenoxy) is 1. The van der Waals surface area contributed by atoms with Crippen LogP contribution in [0.4, 0.5) is 0 Å². The van der Waals surface area contributed by atoms with E-state index in [0.717, 1.165) is 49.5 Å². The maximum absolute atomic E-state index is 13.7. The molecule has 37 heavy (non-hydrogen) atoms. The predicted molar refractivity (Wildman–Crippen MR) is 147 cm³/mol. The molecule has 0 aliphatic carbocycles. The molecule has 5 nitrogen and oxygen atoms in total. The molecule has 5 rings (SSSR count). The van der Waals surface area contributed by atoms with Gasteiger partial charge in [0.15, 0.2) is 5.43 Å². The third-order valence-corrected chi connectivity index (χ3v) is 6.97. The highest BCUT2D eigenvalue weighted by atomic mass is 16.5. The Morgan fingerprint density at radius 2 is 1.22 bits per heavy atom. The van der Waals surface area contributed by atoms with Crippen LogP contribution in [0.5, 0.6) is 0 Å². The second-order valence-electron chi connectivity index (χ2n) is 9.04. The summed E-state index contributed by atoms with van der Waals surface area (Å²) >= 11 is 0. The maximum atomic E-state index is 13.7. The molecule has 0 fully saturated rings. The van der Waals surface area contributed by atoms with Crippen molar-refractivity contribution >= 4 is 33.1 Å². The Labute approximate surface area is 214 Å². The summed E-state index contributed by atoms with van der Waals surface area (Å²) < 4.78 is 5.29. The van der Waals surface area contributed by atoms with Gasteiger partial charge < -0.3 is 14.9 Å². The molecule has 0 bridgehead atoms. The molecule has 0 aromatic heterocycles. The van der Waals surface area contributed by atoms with Crippen molar-refractivity contribution < 1.29 is 19.7 Å². The summed E-state index contributed by atoms with van der Waals surface area (Å²) in [6, 6.07) is 23.2. The van der Waals surface area contributed by atoms with Crippen LogP contribution in [-0.4, -0.2) is 22.8 Å². The van der Waals surface area contributed by atoms with Gasteiger partial charge in [0.2, 0.25) is 0 Å². The van der Waals surface area contributed by atoms with Gasteiger partial charge in [-0.05, 0) is 63.6 Å². The number of benzene rings is 4. The van der Waals surface area contributed by atoms with Crippen molar-refractivity contribution in [2.45, 2.75) is 33.5 Å². The van der Waals surface area contributed by atoms with Gasteiger partial charge in [-0.3, -0.25) is 4.79 Å². The number of hydrogen-bond donors (Lipinski definition) is 2. The second kappa shape index (κ2) is 10.1. The standard InChI is InChI=1S/C32H28O5/c1-3-23(32(36)37-4-2)30-26-15-13-24(21-9-5-19(17-33)6-10-21)28-25(14-16-27(29(26)28)31(30)35)22-11-7-20(18-34)8-12-22/h5-16,33-34H,3-4,17-18H2,1-2H3/b30-23+. The number of rotatable bonds is 7. The first kappa shape index (κ1) is 24.6. The fraction of sp³-hybridized carbons (Fsp3) is 0.188. The number of aliphatic hydroxyl groups excluding tert-OH is 2. The summed E-state index contributed by atoms with van der Waals surface area (Å²) in [6.45, 7) is 3.77. The molecule has 2 N–H and O–H groups in total. The van der Waals surface area contributed by atoms with Crippen molar-refractivity contribution in [2.75, 3.05) is 6.61 Å². The zero-order valence-corrected chi connectivity index (χ0v) is 20.9. The minimum Gasteiger partial charge on any atom is -0.463 e. The molecule has 186 valence electrons. The molecule has 0 aliphatic heterocycles. The van der Waals surface area contributed by atoms with E-state index < -0.39 is 5.97 Å². The average molecular weight is 493 g/mol. The summed E-state index contributed by atoms with van der Waals surface area (Å²) in [7, 11) is 0. The maximum Gasteiger partial charge on any atom is 0.334 e. The number of carbonyl (C=O) groups excluding carboxylic acids is 1. The van der Waals surface area contributed by atoms with Gasteiger partial charge in [-0.1, -0.05) is 73.7 Å². The van der Waals surface area contributed by atoms with E-state index in [0.29, 0.717) is 22.6 Å². The normalized spacial score (nSPS) is 12.3. The van der Waals surface area contributed by atoms with Crippen molar-refractivity contribution in [1.29, 1.82) is 0 Å². The van der Waals surface area contributed by atoms with Crippen LogP contribution in [0.2, 0.25) is 0 Å². The SMILES string of the molecule is CCOC(=O)/C(CC)=c1/c(=O)c2ccc(-c3ccc(CO)cc3)c3c(-c4ccc(CO)cc4)ccc1c32. The average Bonchev–Trinajstić information content (AvgIpc) is 3.22. The Balaban J connectivity index is 1.92. The van der Waals surface area contributed by atoms with Gasteiger partial charge in [0.1, 0.15) is 0 Å². The molecule has 0 atom stereocenters. The topological polar surface area (TPSA) is 83.8 Å². The molecule has 0 amide bonds. The molecule has 5 heteroatoms. The zero-order valence-electron chi connectivity index (χ0n) is 20.9. The van der Waals surface area contributed by atoms with Gasteiger partial charge in [-0.2, -0.15) is 0 Å². The Morgan fingerprint density at radius 3 is 1.68 bits per heavy atom. The van der Waals surface area contributed by atoms with E-state index in [4.69, 9.17) is 4.74 Å². The van der Waals surface area contributed by atoms with Crippen molar-refractivity contribution in [3.05, 3.63) is 99.4 Å². The van der Waals surface area contributed by atoms with Crippen molar-refractivity contribution in [1.82, 2.24) is 0 Å². The first-order chi connectivity index (χ1) is 18.0. The minimum absolute atomic E-state index is 0.0388.